The fraction of sp³-hybridized carbons (Fsp3) is 0.0741. The van der Waals surface area contributed by atoms with Crippen molar-refractivity contribution in [2.75, 3.05) is 7.11 Å². The number of carbonyl (C=O) groups excluding carboxylic acids is 2. The lowest BCUT2D eigenvalue weighted by molar-refractivity contribution is -0.120. The van der Waals surface area contributed by atoms with Gasteiger partial charge in [0.05, 0.1) is 25.3 Å². The first kappa shape index (κ1) is 21.8. The minimum absolute atomic E-state index is 0.201. The lowest BCUT2D eigenvalue weighted by atomic mass is 10.0. The Bertz CT molecular complexity index is 1290. The molecule has 4 rings (SSSR count). The molecule has 4 aromatic carbocycles. The monoisotopic (exact) mass is 438 g/mol. The molecule has 1 N–H and O–H groups in total. The molecule has 0 spiro atoms. The minimum atomic E-state index is -0.459. The van der Waals surface area contributed by atoms with Crippen LogP contribution in [-0.4, -0.2) is 25.2 Å². The molecule has 0 unspecified atom stereocenters. The maximum absolute atomic E-state index is 12.3. The van der Waals surface area contributed by atoms with Crippen LogP contribution >= 0.6 is 0 Å². The van der Waals surface area contributed by atoms with E-state index in [9.17, 15) is 9.59 Å². The average molecular weight is 438 g/mol. The van der Waals surface area contributed by atoms with Crippen LogP contribution in [0.25, 0.3) is 10.8 Å². The lowest BCUT2D eigenvalue weighted by Gasteiger charge is -2.06. The number of amides is 1. The summed E-state index contributed by atoms with van der Waals surface area (Å²) in [4.78, 5) is 24.5. The van der Waals surface area contributed by atoms with Crippen molar-refractivity contribution in [3.8, 4) is 11.5 Å². The predicted molar refractivity (Wildman–Crippen MR) is 128 cm³/mol. The van der Waals surface area contributed by atoms with E-state index >= 15 is 0 Å². The van der Waals surface area contributed by atoms with Gasteiger partial charge < -0.3 is 9.47 Å². The van der Waals surface area contributed by atoms with E-state index in [-0.39, 0.29) is 12.3 Å². The van der Waals surface area contributed by atoms with E-state index in [1.165, 1.54) is 6.21 Å². The molecule has 0 aliphatic carbocycles. The molecule has 0 fully saturated rings. The highest BCUT2D eigenvalue weighted by molar-refractivity contribution is 5.92. The van der Waals surface area contributed by atoms with E-state index in [4.69, 9.17) is 9.47 Å². The van der Waals surface area contributed by atoms with E-state index in [0.29, 0.717) is 17.1 Å². The molecule has 0 aromatic heterocycles. The van der Waals surface area contributed by atoms with Crippen molar-refractivity contribution in [1.82, 2.24) is 5.43 Å². The van der Waals surface area contributed by atoms with Gasteiger partial charge in [-0.05, 0) is 70.4 Å². The molecule has 1 amide bonds. The second-order valence-electron chi connectivity index (χ2n) is 7.30. The van der Waals surface area contributed by atoms with Crippen LogP contribution < -0.4 is 14.9 Å². The number of carbonyl (C=O) groups is 2. The van der Waals surface area contributed by atoms with Crippen LogP contribution in [0, 0.1) is 0 Å². The van der Waals surface area contributed by atoms with Crippen molar-refractivity contribution in [2.24, 2.45) is 5.10 Å². The number of nitrogens with zero attached hydrogens (tertiary/aromatic N) is 1. The SMILES string of the molecule is COc1ccc(C(=O)Oc2ccc(/C=N/NC(=O)Cc3cccc4ccccc34)cc2)cc1. The van der Waals surface area contributed by atoms with Gasteiger partial charge in [-0.2, -0.15) is 5.10 Å². The number of benzene rings is 4. The third-order valence-corrected chi connectivity index (χ3v) is 5.05. The second-order valence-corrected chi connectivity index (χ2v) is 7.30. The number of ether oxygens (including phenoxy) is 2. The van der Waals surface area contributed by atoms with Gasteiger partial charge in [-0.15, -0.1) is 0 Å². The standard InChI is InChI=1S/C27H22N2O4/c1-32-23-15-11-21(12-16-23)27(31)33-24-13-9-19(10-14-24)18-28-29-26(30)17-22-7-4-6-20-5-2-3-8-25(20)22/h2-16,18H,17H2,1H3,(H,29,30)/b28-18+. The zero-order valence-corrected chi connectivity index (χ0v) is 18.0. The molecule has 0 aliphatic rings. The third-order valence-electron chi connectivity index (χ3n) is 5.05. The number of rotatable bonds is 7. The van der Waals surface area contributed by atoms with Crippen LogP contribution in [0.1, 0.15) is 21.5 Å². The Hall–Kier alpha value is -4.45. The first-order valence-corrected chi connectivity index (χ1v) is 10.4. The van der Waals surface area contributed by atoms with Crippen LogP contribution in [0.2, 0.25) is 0 Å². The van der Waals surface area contributed by atoms with E-state index in [1.807, 2.05) is 42.5 Å². The van der Waals surface area contributed by atoms with Crippen molar-refractivity contribution in [3.05, 3.63) is 108 Å². The zero-order valence-electron chi connectivity index (χ0n) is 18.0. The smallest absolute Gasteiger partial charge is 0.343 e. The van der Waals surface area contributed by atoms with Gasteiger partial charge in [0, 0.05) is 0 Å². The normalized spacial score (nSPS) is 10.8. The van der Waals surface area contributed by atoms with Gasteiger partial charge in [0.2, 0.25) is 5.91 Å². The van der Waals surface area contributed by atoms with E-state index < -0.39 is 5.97 Å². The van der Waals surface area contributed by atoms with E-state index in [1.54, 1.807) is 55.6 Å². The quantitative estimate of drug-likeness (QED) is 0.195. The fourth-order valence-electron chi connectivity index (χ4n) is 3.35. The first-order chi connectivity index (χ1) is 16.1. The molecular formula is C27H22N2O4. The molecule has 6 heteroatoms. The Morgan fingerprint density at radius 2 is 1.55 bits per heavy atom. The summed E-state index contributed by atoms with van der Waals surface area (Å²) < 4.78 is 10.5. The number of methoxy groups -OCH3 is 1. The maximum Gasteiger partial charge on any atom is 0.343 e. The number of hydrazone groups is 1. The van der Waals surface area contributed by atoms with Crippen molar-refractivity contribution >= 4 is 28.9 Å². The van der Waals surface area contributed by atoms with Crippen LogP contribution in [0.5, 0.6) is 11.5 Å². The summed E-state index contributed by atoms with van der Waals surface area (Å²) in [5, 5.41) is 6.18. The third kappa shape index (κ3) is 5.62. The van der Waals surface area contributed by atoms with Crippen LogP contribution in [0.15, 0.2) is 96.1 Å². The summed E-state index contributed by atoms with van der Waals surface area (Å²) in [5.74, 6) is 0.416. The number of hydrogen-bond donors (Lipinski definition) is 1. The van der Waals surface area contributed by atoms with Crippen LogP contribution in [0.3, 0.4) is 0 Å². The number of esters is 1. The molecule has 33 heavy (non-hydrogen) atoms. The lowest BCUT2D eigenvalue weighted by Crippen LogP contribution is -2.19. The van der Waals surface area contributed by atoms with Gasteiger partial charge in [-0.1, -0.05) is 42.5 Å². The van der Waals surface area contributed by atoms with Gasteiger partial charge in [-0.25, -0.2) is 10.2 Å². The Kier molecular flexibility index (Phi) is 6.75. The van der Waals surface area contributed by atoms with E-state index in [2.05, 4.69) is 10.5 Å². The molecule has 0 atom stereocenters. The molecule has 4 aromatic rings. The number of nitrogens with one attached hydrogen (secondary N) is 1. The summed E-state index contributed by atoms with van der Waals surface area (Å²) in [6.07, 6.45) is 1.77. The molecule has 0 heterocycles. The summed E-state index contributed by atoms with van der Waals surface area (Å²) >= 11 is 0. The molecule has 0 aliphatic heterocycles. The minimum Gasteiger partial charge on any atom is -0.497 e. The van der Waals surface area contributed by atoms with Crippen LogP contribution in [0.4, 0.5) is 0 Å². The topological polar surface area (TPSA) is 77.0 Å². The molecule has 0 saturated heterocycles. The van der Waals surface area contributed by atoms with Gasteiger partial charge >= 0.3 is 5.97 Å². The second kappa shape index (κ2) is 10.2. The molecule has 164 valence electrons. The number of fused-ring (bicyclic) bond motifs is 1. The summed E-state index contributed by atoms with van der Waals surface area (Å²) in [7, 11) is 1.56. The van der Waals surface area contributed by atoms with Crippen molar-refractivity contribution < 1.29 is 19.1 Å². The highest BCUT2D eigenvalue weighted by Gasteiger charge is 2.09. The van der Waals surface area contributed by atoms with Gasteiger partial charge in [-0.3, -0.25) is 4.79 Å². The Morgan fingerprint density at radius 3 is 2.30 bits per heavy atom. The predicted octanol–water partition coefficient (Wildman–Crippen LogP) is 4.76. The highest BCUT2D eigenvalue weighted by Crippen LogP contribution is 2.19. The highest BCUT2D eigenvalue weighted by atomic mass is 16.5. The molecular weight excluding hydrogens is 416 g/mol. The largest absolute Gasteiger partial charge is 0.497 e. The van der Waals surface area contributed by atoms with E-state index in [0.717, 1.165) is 21.9 Å². The molecule has 0 saturated carbocycles. The van der Waals surface area contributed by atoms with Gasteiger partial charge in [0.15, 0.2) is 0 Å². The van der Waals surface area contributed by atoms with Crippen molar-refractivity contribution in [1.29, 1.82) is 0 Å². The molecule has 6 nitrogen and oxygen atoms in total. The van der Waals surface area contributed by atoms with Gasteiger partial charge in [0.25, 0.3) is 0 Å². The van der Waals surface area contributed by atoms with Crippen molar-refractivity contribution in [3.63, 3.8) is 0 Å². The Morgan fingerprint density at radius 1 is 0.848 bits per heavy atom. The number of hydrogen-bond acceptors (Lipinski definition) is 5. The van der Waals surface area contributed by atoms with Crippen LogP contribution in [-0.2, 0) is 11.2 Å². The summed E-state index contributed by atoms with van der Waals surface area (Å²) in [6.45, 7) is 0. The fourth-order valence-corrected chi connectivity index (χ4v) is 3.35. The molecule has 0 radical (unpaired) electrons. The van der Waals surface area contributed by atoms with Gasteiger partial charge in [0.1, 0.15) is 11.5 Å². The Balaban J connectivity index is 1.31. The maximum atomic E-state index is 12.3. The molecule has 0 bridgehead atoms. The average Bonchev–Trinajstić information content (AvgIpc) is 2.85. The first-order valence-electron chi connectivity index (χ1n) is 10.4. The zero-order chi connectivity index (χ0) is 23.0. The van der Waals surface area contributed by atoms with Crippen molar-refractivity contribution in [2.45, 2.75) is 6.42 Å². The Labute approximate surface area is 191 Å². The summed E-state index contributed by atoms with van der Waals surface area (Å²) in [5.41, 5.74) is 4.69. The summed E-state index contributed by atoms with van der Waals surface area (Å²) in [6, 6.07) is 27.4.